The van der Waals surface area contributed by atoms with Crippen LogP contribution in [-0.4, -0.2) is 4.98 Å². The molecule has 0 saturated heterocycles. The Morgan fingerprint density at radius 2 is 1.86 bits per heavy atom. The highest BCUT2D eigenvalue weighted by Crippen LogP contribution is 2.32. The van der Waals surface area contributed by atoms with Gasteiger partial charge in [0.25, 0.3) is 11.2 Å². The lowest BCUT2D eigenvalue weighted by Gasteiger charge is -2.09. The van der Waals surface area contributed by atoms with Crippen molar-refractivity contribution >= 4 is 9.24 Å². The van der Waals surface area contributed by atoms with Gasteiger partial charge in [-0.2, -0.15) is 8.78 Å². The second kappa shape index (κ2) is 5.20. The second-order valence-corrected chi connectivity index (χ2v) is 3.23. The monoisotopic (exact) mass is 221 g/mol. The Morgan fingerprint density at radius 1 is 1.36 bits per heavy atom. The molecule has 0 fully saturated rings. The number of halogens is 2. The van der Waals surface area contributed by atoms with Crippen LogP contribution in [0.2, 0.25) is 0 Å². The fraction of sp³-hybridized carbons (Fsp3) is 0.444. The lowest BCUT2D eigenvalue weighted by Crippen LogP contribution is -2.16. The zero-order chi connectivity index (χ0) is 11.4. The third kappa shape index (κ3) is 3.54. The third-order valence-corrected chi connectivity index (χ3v) is 1.78. The van der Waals surface area contributed by atoms with Crippen LogP contribution in [0.5, 0.6) is 0 Å². The highest BCUT2D eigenvalue weighted by Gasteiger charge is 2.25. The van der Waals surface area contributed by atoms with Crippen LogP contribution in [0.1, 0.15) is 25.1 Å². The van der Waals surface area contributed by atoms with Gasteiger partial charge in [-0.3, -0.25) is 4.79 Å². The summed E-state index contributed by atoms with van der Waals surface area (Å²) in [5, 5.41) is 0. The van der Waals surface area contributed by atoms with Crippen LogP contribution in [0, 0.1) is 6.92 Å². The maximum Gasteiger partial charge on any atom is 0.298 e. The first-order valence-corrected chi connectivity index (χ1v) is 4.86. The summed E-state index contributed by atoms with van der Waals surface area (Å²) in [7, 11) is 1.37. The molecule has 0 aliphatic rings. The predicted octanol–water partition coefficient (Wildman–Crippen LogP) is 2.63. The number of hydrogen-bond donors (Lipinski definition) is 1. The Morgan fingerprint density at radius 3 is 2.21 bits per heavy atom. The summed E-state index contributed by atoms with van der Waals surface area (Å²) in [6, 6.07) is 2.57. The zero-order valence-electron chi connectivity index (χ0n) is 8.40. The molecule has 5 heteroatoms. The molecule has 14 heavy (non-hydrogen) atoms. The molecule has 1 unspecified atom stereocenters. The van der Waals surface area contributed by atoms with E-state index < -0.39 is 11.2 Å². The number of rotatable bonds is 1. The van der Waals surface area contributed by atoms with E-state index in [4.69, 9.17) is 0 Å². The van der Waals surface area contributed by atoms with Crippen molar-refractivity contribution in [3.63, 3.8) is 0 Å². The molecule has 1 heterocycles. The van der Waals surface area contributed by atoms with Gasteiger partial charge in [-0.05, 0) is 13.0 Å². The van der Waals surface area contributed by atoms with Crippen LogP contribution < -0.4 is 5.56 Å². The van der Waals surface area contributed by atoms with Crippen molar-refractivity contribution in [1.29, 1.82) is 0 Å². The Kier molecular flexibility index (Phi) is 4.92. The van der Waals surface area contributed by atoms with E-state index in [0.29, 0.717) is 5.56 Å². The van der Waals surface area contributed by atoms with Gasteiger partial charge < -0.3 is 4.98 Å². The number of pyridine rings is 1. The molecule has 1 N–H and O–H groups in total. The fourth-order valence-corrected chi connectivity index (χ4v) is 0.909. The van der Waals surface area contributed by atoms with Crippen molar-refractivity contribution in [3.05, 3.63) is 33.7 Å². The molecule has 80 valence electrons. The summed E-state index contributed by atoms with van der Waals surface area (Å²) in [6.45, 7) is 5.56. The average molecular weight is 221 g/mol. The van der Waals surface area contributed by atoms with Crippen molar-refractivity contribution in [3.8, 4) is 0 Å². The second-order valence-electron chi connectivity index (χ2n) is 2.51. The molecule has 0 aliphatic carbocycles. The Hall–Kier alpha value is -0.760. The van der Waals surface area contributed by atoms with Gasteiger partial charge in [0.2, 0.25) is 0 Å². The number of nitrogens with one attached hydrogen (secondary N) is 1. The van der Waals surface area contributed by atoms with Gasteiger partial charge in [-0.1, -0.05) is 29.2 Å². The van der Waals surface area contributed by atoms with Crippen LogP contribution >= 0.6 is 9.24 Å². The number of aromatic nitrogens is 1. The molecule has 2 nitrogen and oxygen atoms in total. The van der Waals surface area contributed by atoms with Crippen LogP contribution in [0.25, 0.3) is 0 Å². The van der Waals surface area contributed by atoms with Crippen LogP contribution in [0.3, 0.4) is 0 Å². The quantitative estimate of drug-likeness (QED) is 0.726. The minimum Gasteiger partial charge on any atom is -0.320 e. The minimum absolute atomic E-state index is 0.386. The predicted molar refractivity (Wildman–Crippen MR) is 56.8 cm³/mol. The number of aryl methyl sites for hydroxylation is 1. The smallest absolute Gasteiger partial charge is 0.298 e. The molecule has 0 bridgehead atoms. The molecule has 0 aliphatic heterocycles. The van der Waals surface area contributed by atoms with E-state index in [1.54, 1.807) is 6.92 Å². The number of hydrogen-bond acceptors (Lipinski definition) is 1. The topological polar surface area (TPSA) is 32.9 Å². The minimum atomic E-state index is -3.06. The Bertz CT molecular complexity index is 343. The van der Waals surface area contributed by atoms with Crippen molar-refractivity contribution in [2.24, 2.45) is 0 Å². The summed E-state index contributed by atoms with van der Waals surface area (Å²) in [6.07, 6.45) is 0. The van der Waals surface area contributed by atoms with Crippen molar-refractivity contribution in [1.82, 2.24) is 4.98 Å². The first kappa shape index (κ1) is 13.2. The van der Waals surface area contributed by atoms with E-state index in [1.807, 2.05) is 13.8 Å². The van der Waals surface area contributed by atoms with Crippen LogP contribution in [-0.2, 0) is 5.66 Å². The zero-order valence-corrected chi connectivity index (χ0v) is 9.55. The lowest BCUT2D eigenvalue weighted by molar-refractivity contribution is 0.0983. The summed E-state index contributed by atoms with van der Waals surface area (Å²) in [5.41, 5.74) is -3.50. The first-order valence-electron chi connectivity index (χ1n) is 4.28. The van der Waals surface area contributed by atoms with Gasteiger partial charge >= 0.3 is 0 Å². The highest BCUT2D eigenvalue weighted by molar-refractivity contribution is 7.17. The molecule has 1 aromatic heterocycles. The molecule has 0 radical (unpaired) electrons. The molecule has 1 atom stereocenters. The van der Waals surface area contributed by atoms with Crippen molar-refractivity contribution in [2.45, 2.75) is 26.4 Å². The molecule has 0 aromatic carbocycles. The molecule has 1 aromatic rings. The number of aromatic amines is 1. The van der Waals surface area contributed by atoms with Gasteiger partial charge in [0.05, 0.1) is 5.69 Å². The molecular formula is C9H14F2NOP. The summed E-state index contributed by atoms with van der Waals surface area (Å²) in [5.74, 6) is 0. The Balaban J connectivity index is 0.000000791. The molecule has 0 amide bonds. The number of alkyl halides is 2. The molecule has 0 saturated carbocycles. The van der Waals surface area contributed by atoms with Crippen LogP contribution in [0.15, 0.2) is 16.9 Å². The SMILES string of the molecule is CC.Cc1ccc(C(F)(F)P)[nH]c1=O. The largest absolute Gasteiger partial charge is 0.320 e. The fourth-order valence-electron chi connectivity index (χ4n) is 0.741. The lowest BCUT2D eigenvalue weighted by atomic mass is 10.3. The van der Waals surface area contributed by atoms with E-state index in [2.05, 4.69) is 4.98 Å². The van der Waals surface area contributed by atoms with Gasteiger partial charge in [0.15, 0.2) is 0 Å². The standard InChI is InChI=1S/C7H8F2NOP.C2H6/c1-4-2-3-5(7(8,9)12)10-6(4)11;1-2/h2-3H,12H2,1H3,(H,10,11);1-2H3. The van der Waals surface area contributed by atoms with E-state index in [9.17, 15) is 13.6 Å². The van der Waals surface area contributed by atoms with Gasteiger partial charge in [0, 0.05) is 5.56 Å². The maximum absolute atomic E-state index is 12.6. The molecular weight excluding hydrogens is 207 g/mol. The molecule has 0 spiro atoms. The van der Waals surface area contributed by atoms with Crippen molar-refractivity contribution in [2.75, 3.05) is 0 Å². The van der Waals surface area contributed by atoms with E-state index >= 15 is 0 Å². The normalized spacial score (nSPS) is 10.4. The summed E-state index contributed by atoms with van der Waals surface area (Å²) in [4.78, 5) is 13.0. The first-order chi connectivity index (χ1) is 6.41. The van der Waals surface area contributed by atoms with Crippen molar-refractivity contribution < 1.29 is 8.78 Å². The summed E-state index contributed by atoms with van der Waals surface area (Å²) >= 11 is 0. The number of H-pyrrole nitrogens is 1. The van der Waals surface area contributed by atoms with Crippen LogP contribution in [0.4, 0.5) is 8.78 Å². The van der Waals surface area contributed by atoms with E-state index in [0.717, 1.165) is 0 Å². The third-order valence-electron chi connectivity index (χ3n) is 1.47. The van der Waals surface area contributed by atoms with Gasteiger partial charge in [0.1, 0.15) is 0 Å². The van der Waals surface area contributed by atoms with E-state index in [1.165, 1.54) is 21.4 Å². The van der Waals surface area contributed by atoms with Gasteiger partial charge in [-0.25, -0.2) is 0 Å². The van der Waals surface area contributed by atoms with Gasteiger partial charge in [-0.15, -0.1) is 0 Å². The Labute approximate surface area is 83.9 Å². The van der Waals surface area contributed by atoms with E-state index in [-0.39, 0.29) is 5.69 Å². The summed E-state index contributed by atoms with van der Waals surface area (Å²) < 4.78 is 25.1. The molecule has 1 rings (SSSR count). The maximum atomic E-state index is 12.6. The average Bonchev–Trinajstić information content (AvgIpc) is 2.11. The highest BCUT2D eigenvalue weighted by atomic mass is 31.0.